The Labute approximate surface area is 173 Å². The molecule has 30 heavy (non-hydrogen) atoms. The van der Waals surface area contributed by atoms with Gasteiger partial charge in [-0.15, -0.1) is 0 Å². The molecule has 0 fully saturated rings. The van der Waals surface area contributed by atoms with E-state index in [1.807, 2.05) is 0 Å². The molecule has 0 aromatic heterocycles. The molecule has 6 nitrogen and oxygen atoms in total. The number of alkyl halides is 3. The molecule has 0 saturated heterocycles. The van der Waals surface area contributed by atoms with Gasteiger partial charge in [0.15, 0.2) is 0 Å². The van der Waals surface area contributed by atoms with Gasteiger partial charge < -0.3 is 5.32 Å². The fourth-order valence-electron chi connectivity index (χ4n) is 2.84. The second-order valence-electron chi connectivity index (χ2n) is 6.96. The minimum absolute atomic E-state index is 0.0189. The molecule has 0 spiro atoms. The van der Waals surface area contributed by atoms with E-state index >= 15 is 0 Å². The number of carbonyl (C=O) groups is 1. The molecule has 4 N–H and O–H groups in total. The Morgan fingerprint density at radius 3 is 2.10 bits per heavy atom. The molecule has 10 heteroatoms. The highest BCUT2D eigenvalue weighted by Gasteiger charge is 2.30. The van der Waals surface area contributed by atoms with Crippen LogP contribution in [0.2, 0.25) is 0 Å². The average Bonchev–Trinajstić information content (AvgIpc) is 2.67. The van der Waals surface area contributed by atoms with Crippen molar-refractivity contribution in [3.05, 3.63) is 65.2 Å². The van der Waals surface area contributed by atoms with Crippen molar-refractivity contribution in [2.75, 3.05) is 6.54 Å². The molecule has 0 radical (unpaired) electrons. The number of sulfonamides is 1. The largest absolute Gasteiger partial charge is 0.416 e. The maximum absolute atomic E-state index is 12.6. The minimum atomic E-state index is -4.39. The fourth-order valence-corrected chi connectivity index (χ4v) is 3.35. The van der Waals surface area contributed by atoms with Crippen molar-refractivity contribution in [2.24, 2.45) is 5.14 Å². The lowest BCUT2D eigenvalue weighted by molar-refractivity contribution is -0.137. The second kappa shape index (κ2) is 9.59. The first-order valence-corrected chi connectivity index (χ1v) is 10.7. The summed E-state index contributed by atoms with van der Waals surface area (Å²) in [7, 11) is -3.74. The third-order valence-electron chi connectivity index (χ3n) is 4.60. The maximum Gasteiger partial charge on any atom is 0.416 e. The molecule has 2 atom stereocenters. The van der Waals surface area contributed by atoms with Gasteiger partial charge in [0.2, 0.25) is 15.9 Å². The lowest BCUT2D eigenvalue weighted by Gasteiger charge is -2.20. The standard InChI is InChI=1S/C20H24F3N3O3S/c1-13(16-5-7-17(8-6-16)20(21,22)23)26-14(2)19(27)25-12-11-15-3-9-18(10-4-15)30(24,28)29/h3-10,13-14,26H,11-12H2,1-2H3,(H,25,27)(H2,24,28,29). The molecule has 0 aliphatic heterocycles. The number of nitrogens with one attached hydrogen (secondary N) is 2. The van der Waals surface area contributed by atoms with Gasteiger partial charge in [-0.25, -0.2) is 13.6 Å². The van der Waals surface area contributed by atoms with Crippen LogP contribution in [0.4, 0.5) is 13.2 Å². The molecule has 2 aromatic rings. The van der Waals surface area contributed by atoms with Gasteiger partial charge in [0, 0.05) is 12.6 Å². The first-order valence-electron chi connectivity index (χ1n) is 9.20. The van der Waals surface area contributed by atoms with Crippen LogP contribution in [-0.2, 0) is 27.4 Å². The van der Waals surface area contributed by atoms with Gasteiger partial charge in [-0.05, 0) is 55.7 Å². The molecule has 2 rings (SSSR count). The van der Waals surface area contributed by atoms with Crippen molar-refractivity contribution in [2.45, 2.75) is 43.4 Å². The SMILES string of the molecule is CC(NC(C)c1ccc(C(F)(F)F)cc1)C(=O)NCCc1ccc(S(N)(=O)=O)cc1. The summed E-state index contributed by atoms with van der Waals surface area (Å²) < 4.78 is 60.4. The Balaban J connectivity index is 1.83. The van der Waals surface area contributed by atoms with Crippen molar-refractivity contribution in [1.82, 2.24) is 10.6 Å². The molecule has 1 amide bonds. The topological polar surface area (TPSA) is 101 Å². The Morgan fingerprint density at radius 1 is 1.03 bits per heavy atom. The predicted molar refractivity (Wildman–Crippen MR) is 107 cm³/mol. The van der Waals surface area contributed by atoms with Crippen molar-refractivity contribution >= 4 is 15.9 Å². The van der Waals surface area contributed by atoms with Crippen LogP contribution in [-0.4, -0.2) is 26.9 Å². The molecule has 0 saturated carbocycles. The monoisotopic (exact) mass is 443 g/mol. The highest BCUT2D eigenvalue weighted by atomic mass is 32.2. The maximum atomic E-state index is 12.6. The third-order valence-corrected chi connectivity index (χ3v) is 5.53. The van der Waals surface area contributed by atoms with E-state index in [9.17, 15) is 26.4 Å². The van der Waals surface area contributed by atoms with Crippen LogP contribution >= 0.6 is 0 Å². The summed E-state index contributed by atoms with van der Waals surface area (Å²) in [6.07, 6.45) is -3.89. The molecular weight excluding hydrogens is 419 g/mol. The van der Waals surface area contributed by atoms with Gasteiger partial charge in [0.1, 0.15) is 0 Å². The van der Waals surface area contributed by atoms with E-state index in [0.29, 0.717) is 18.5 Å². The molecule has 0 bridgehead atoms. The lowest BCUT2D eigenvalue weighted by Crippen LogP contribution is -2.43. The Kier molecular flexibility index (Phi) is 7.62. The Hall–Kier alpha value is -2.43. The third kappa shape index (κ3) is 6.82. The van der Waals surface area contributed by atoms with Crippen LogP contribution in [0.3, 0.4) is 0 Å². The Morgan fingerprint density at radius 2 is 1.60 bits per heavy atom. The summed E-state index contributed by atoms with van der Waals surface area (Å²) in [6.45, 7) is 3.77. The summed E-state index contributed by atoms with van der Waals surface area (Å²) in [4.78, 5) is 12.3. The second-order valence-corrected chi connectivity index (χ2v) is 8.52. The molecule has 0 heterocycles. The van der Waals surface area contributed by atoms with E-state index in [1.54, 1.807) is 26.0 Å². The number of benzene rings is 2. The summed E-state index contributed by atoms with van der Waals surface area (Å²) in [5.41, 5.74) is 0.750. The number of hydrogen-bond donors (Lipinski definition) is 3. The van der Waals surface area contributed by atoms with Crippen molar-refractivity contribution < 1.29 is 26.4 Å². The van der Waals surface area contributed by atoms with Crippen molar-refractivity contribution in [3.63, 3.8) is 0 Å². The molecule has 0 aliphatic rings. The summed E-state index contributed by atoms with van der Waals surface area (Å²) >= 11 is 0. The van der Waals surface area contributed by atoms with E-state index in [4.69, 9.17) is 5.14 Å². The highest BCUT2D eigenvalue weighted by molar-refractivity contribution is 7.89. The highest BCUT2D eigenvalue weighted by Crippen LogP contribution is 2.29. The van der Waals surface area contributed by atoms with E-state index < -0.39 is 27.8 Å². The van der Waals surface area contributed by atoms with Gasteiger partial charge >= 0.3 is 6.18 Å². The first-order chi connectivity index (χ1) is 13.9. The van der Waals surface area contributed by atoms with Gasteiger partial charge in [-0.3, -0.25) is 10.1 Å². The number of nitrogens with two attached hydrogens (primary N) is 1. The number of halogens is 3. The van der Waals surface area contributed by atoms with Crippen LogP contribution in [0.25, 0.3) is 0 Å². The average molecular weight is 443 g/mol. The van der Waals surface area contributed by atoms with E-state index in [-0.39, 0.29) is 16.8 Å². The quantitative estimate of drug-likeness (QED) is 0.584. The van der Waals surface area contributed by atoms with Gasteiger partial charge in [0.25, 0.3) is 0 Å². The van der Waals surface area contributed by atoms with E-state index in [0.717, 1.165) is 17.7 Å². The summed E-state index contributed by atoms with van der Waals surface area (Å²) in [5, 5.41) is 10.9. The number of primary sulfonamides is 1. The van der Waals surface area contributed by atoms with Gasteiger partial charge in [0.05, 0.1) is 16.5 Å². The molecule has 164 valence electrons. The zero-order chi connectivity index (χ0) is 22.5. The minimum Gasteiger partial charge on any atom is -0.354 e. The van der Waals surface area contributed by atoms with E-state index in [1.165, 1.54) is 24.3 Å². The fraction of sp³-hybridized carbons (Fsp3) is 0.350. The first kappa shape index (κ1) is 23.8. The number of carbonyl (C=O) groups excluding carboxylic acids is 1. The van der Waals surface area contributed by atoms with Gasteiger partial charge in [-0.1, -0.05) is 24.3 Å². The predicted octanol–water partition coefficient (Wildman–Crippen LogP) is 2.75. The van der Waals surface area contributed by atoms with Crippen LogP contribution in [0, 0.1) is 0 Å². The Bertz CT molecular complexity index is 960. The summed E-state index contributed by atoms with van der Waals surface area (Å²) in [5.74, 6) is -0.255. The van der Waals surface area contributed by atoms with E-state index in [2.05, 4.69) is 10.6 Å². The van der Waals surface area contributed by atoms with Crippen LogP contribution in [0.15, 0.2) is 53.4 Å². The lowest BCUT2D eigenvalue weighted by atomic mass is 10.0. The van der Waals surface area contributed by atoms with Crippen LogP contribution in [0.5, 0.6) is 0 Å². The molecular formula is C20H24F3N3O3S. The molecule has 0 aliphatic carbocycles. The van der Waals surface area contributed by atoms with Gasteiger partial charge in [-0.2, -0.15) is 13.2 Å². The number of rotatable bonds is 8. The zero-order valence-corrected chi connectivity index (χ0v) is 17.3. The number of hydrogen-bond acceptors (Lipinski definition) is 4. The molecule has 2 aromatic carbocycles. The van der Waals surface area contributed by atoms with Crippen LogP contribution in [0.1, 0.15) is 36.6 Å². The summed E-state index contributed by atoms with van der Waals surface area (Å²) in [6, 6.07) is 9.97. The molecule has 2 unspecified atom stereocenters. The van der Waals surface area contributed by atoms with Crippen LogP contribution < -0.4 is 15.8 Å². The number of amides is 1. The smallest absolute Gasteiger partial charge is 0.354 e. The normalized spacial score (nSPS) is 14.2. The zero-order valence-electron chi connectivity index (χ0n) is 16.5. The van der Waals surface area contributed by atoms with Crippen molar-refractivity contribution in [1.29, 1.82) is 0 Å². The van der Waals surface area contributed by atoms with Crippen molar-refractivity contribution in [3.8, 4) is 0 Å².